The number of methoxy groups -OCH3 is 1. The first kappa shape index (κ1) is 16.5. The van der Waals surface area contributed by atoms with Gasteiger partial charge in [-0.05, 0) is 18.4 Å². The van der Waals surface area contributed by atoms with Crippen molar-refractivity contribution in [2.24, 2.45) is 0 Å². The van der Waals surface area contributed by atoms with Crippen LogP contribution in [0, 0.1) is 5.41 Å². The Bertz CT molecular complexity index is 635. The second-order valence-electron chi connectivity index (χ2n) is 5.00. The molecule has 1 aliphatic carbocycles. The topological polar surface area (TPSA) is 62.2 Å². The van der Waals surface area contributed by atoms with Gasteiger partial charge in [-0.15, -0.1) is 0 Å². The van der Waals surface area contributed by atoms with Gasteiger partial charge in [0.05, 0.1) is 10.7 Å². The lowest BCUT2D eigenvalue weighted by Crippen LogP contribution is -2.24. The van der Waals surface area contributed by atoms with Crippen molar-refractivity contribution < 1.29 is 9.53 Å². The Labute approximate surface area is 135 Å². The third kappa shape index (κ3) is 3.13. The van der Waals surface area contributed by atoms with Gasteiger partial charge in [-0.1, -0.05) is 41.9 Å². The molecule has 1 aliphatic rings. The van der Waals surface area contributed by atoms with E-state index in [1.54, 1.807) is 14.2 Å². The number of aldehydes is 1. The van der Waals surface area contributed by atoms with Gasteiger partial charge in [-0.2, -0.15) is 0 Å². The number of ether oxygens (including phenoxy) is 1. The van der Waals surface area contributed by atoms with Gasteiger partial charge in [0.15, 0.2) is 0 Å². The summed E-state index contributed by atoms with van der Waals surface area (Å²) >= 11 is 6.36. The molecule has 0 aliphatic heterocycles. The Hall–Kier alpha value is -1.91. The SMILES string of the molecule is CN/C(=C1\C(=N)CCC(C=O)=C1Cl)C(OC)c1ccccc1. The lowest BCUT2D eigenvalue weighted by Gasteiger charge is -2.26. The average Bonchev–Trinajstić information content (AvgIpc) is 2.55. The second kappa shape index (κ2) is 7.38. The van der Waals surface area contributed by atoms with Crippen molar-refractivity contribution >= 4 is 23.6 Å². The summed E-state index contributed by atoms with van der Waals surface area (Å²) in [7, 11) is 3.38. The summed E-state index contributed by atoms with van der Waals surface area (Å²) in [5.41, 5.74) is 3.16. The zero-order valence-corrected chi connectivity index (χ0v) is 13.4. The van der Waals surface area contributed by atoms with Crippen LogP contribution in [-0.4, -0.2) is 26.2 Å². The Morgan fingerprint density at radius 2 is 2.05 bits per heavy atom. The first-order chi connectivity index (χ1) is 10.6. The maximum absolute atomic E-state index is 11.2. The predicted molar refractivity (Wildman–Crippen MR) is 88.2 cm³/mol. The van der Waals surface area contributed by atoms with Gasteiger partial charge < -0.3 is 15.5 Å². The molecule has 5 heteroatoms. The molecule has 0 fully saturated rings. The molecule has 0 saturated heterocycles. The molecule has 116 valence electrons. The van der Waals surface area contributed by atoms with Gasteiger partial charge in [-0.25, -0.2) is 0 Å². The monoisotopic (exact) mass is 318 g/mol. The Kier molecular flexibility index (Phi) is 5.52. The average molecular weight is 319 g/mol. The van der Waals surface area contributed by atoms with E-state index in [1.165, 1.54) is 0 Å². The third-order valence-corrected chi connectivity index (χ3v) is 4.16. The zero-order valence-electron chi connectivity index (χ0n) is 12.7. The van der Waals surface area contributed by atoms with Gasteiger partial charge in [0.2, 0.25) is 0 Å². The van der Waals surface area contributed by atoms with E-state index >= 15 is 0 Å². The first-order valence-corrected chi connectivity index (χ1v) is 7.43. The first-order valence-electron chi connectivity index (χ1n) is 7.05. The highest BCUT2D eigenvalue weighted by atomic mass is 35.5. The molecule has 0 spiro atoms. The number of benzene rings is 1. The fraction of sp³-hybridized carbons (Fsp3) is 0.294. The largest absolute Gasteiger partial charge is 0.388 e. The molecular weight excluding hydrogens is 300 g/mol. The molecule has 0 amide bonds. The molecule has 1 unspecified atom stereocenters. The van der Waals surface area contributed by atoms with Crippen LogP contribution in [-0.2, 0) is 9.53 Å². The van der Waals surface area contributed by atoms with Gasteiger partial charge in [0.25, 0.3) is 0 Å². The number of likely N-dealkylation sites (N-methyl/N-ethyl adjacent to an activating group) is 1. The lowest BCUT2D eigenvalue weighted by molar-refractivity contribution is -0.105. The molecule has 0 bridgehead atoms. The Morgan fingerprint density at radius 3 is 2.59 bits per heavy atom. The van der Waals surface area contributed by atoms with Crippen LogP contribution in [0.1, 0.15) is 24.5 Å². The predicted octanol–water partition coefficient (Wildman–Crippen LogP) is 3.35. The zero-order chi connectivity index (χ0) is 16.1. The Morgan fingerprint density at radius 1 is 1.36 bits per heavy atom. The van der Waals surface area contributed by atoms with Crippen LogP contribution < -0.4 is 5.32 Å². The molecule has 22 heavy (non-hydrogen) atoms. The van der Waals surface area contributed by atoms with Crippen molar-refractivity contribution in [2.75, 3.05) is 14.2 Å². The Balaban J connectivity index is 2.61. The minimum Gasteiger partial charge on any atom is -0.388 e. The number of nitrogens with one attached hydrogen (secondary N) is 2. The molecule has 0 saturated carbocycles. The summed E-state index contributed by atoms with van der Waals surface area (Å²) in [5, 5.41) is 11.7. The van der Waals surface area contributed by atoms with Gasteiger partial charge in [0, 0.05) is 31.0 Å². The number of halogens is 1. The van der Waals surface area contributed by atoms with Crippen LogP contribution in [0.4, 0.5) is 0 Å². The molecule has 1 aromatic carbocycles. The molecule has 0 aromatic heterocycles. The van der Waals surface area contributed by atoms with E-state index in [4.69, 9.17) is 21.7 Å². The van der Waals surface area contributed by atoms with E-state index in [0.717, 1.165) is 11.8 Å². The van der Waals surface area contributed by atoms with Crippen LogP contribution in [0.2, 0.25) is 0 Å². The number of carbonyl (C=O) groups excluding carboxylic acids is 1. The van der Waals surface area contributed by atoms with Gasteiger partial charge >= 0.3 is 0 Å². The molecule has 2 rings (SSSR count). The van der Waals surface area contributed by atoms with E-state index in [-0.39, 0.29) is 6.10 Å². The minimum atomic E-state index is -0.374. The van der Waals surface area contributed by atoms with Gasteiger partial charge in [0.1, 0.15) is 12.4 Å². The van der Waals surface area contributed by atoms with E-state index in [1.807, 2.05) is 30.3 Å². The van der Waals surface area contributed by atoms with E-state index in [2.05, 4.69) is 5.32 Å². The molecule has 0 radical (unpaired) electrons. The lowest BCUT2D eigenvalue weighted by atomic mass is 9.89. The van der Waals surface area contributed by atoms with Gasteiger partial charge in [-0.3, -0.25) is 4.79 Å². The van der Waals surface area contributed by atoms with E-state index < -0.39 is 0 Å². The summed E-state index contributed by atoms with van der Waals surface area (Å²) in [6.07, 6.45) is 1.40. The molecule has 1 aromatic rings. The molecule has 0 heterocycles. The number of hydrogen-bond donors (Lipinski definition) is 2. The van der Waals surface area contributed by atoms with Crippen LogP contribution in [0.15, 0.2) is 52.2 Å². The normalized spacial score (nSPS) is 19.0. The summed E-state index contributed by atoms with van der Waals surface area (Å²) in [6, 6.07) is 9.70. The molecule has 2 N–H and O–H groups in total. The number of hydrogen-bond acceptors (Lipinski definition) is 4. The van der Waals surface area contributed by atoms with E-state index in [9.17, 15) is 4.79 Å². The van der Waals surface area contributed by atoms with Crippen LogP contribution in [0.3, 0.4) is 0 Å². The maximum Gasteiger partial charge on any atom is 0.147 e. The summed E-state index contributed by atoms with van der Waals surface area (Å²) in [5.74, 6) is 0. The minimum absolute atomic E-state index is 0.341. The van der Waals surface area contributed by atoms with Crippen LogP contribution in [0.25, 0.3) is 0 Å². The standard InChI is InChI=1S/C17H19ClN2O2/c1-20-16(17(22-2)11-6-4-3-5-7-11)14-13(19)9-8-12(10-21)15(14)18/h3-7,10,17,19-20H,8-9H2,1-2H3/b16-14+,19-13?. The number of carbonyl (C=O) groups is 1. The fourth-order valence-electron chi connectivity index (χ4n) is 2.61. The van der Waals surface area contributed by atoms with Crippen molar-refractivity contribution in [3.63, 3.8) is 0 Å². The molecule has 4 nitrogen and oxygen atoms in total. The third-order valence-electron chi connectivity index (χ3n) is 3.73. The van der Waals surface area contributed by atoms with Crippen molar-refractivity contribution in [1.82, 2.24) is 5.32 Å². The summed E-state index contributed by atoms with van der Waals surface area (Å²) in [6.45, 7) is 0. The van der Waals surface area contributed by atoms with Crippen molar-refractivity contribution in [2.45, 2.75) is 18.9 Å². The number of allylic oxidation sites excluding steroid dienone is 3. The van der Waals surface area contributed by atoms with E-state index in [0.29, 0.717) is 40.4 Å². The van der Waals surface area contributed by atoms with Crippen molar-refractivity contribution in [1.29, 1.82) is 5.41 Å². The molecule has 1 atom stereocenters. The smallest absolute Gasteiger partial charge is 0.147 e. The van der Waals surface area contributed by atoms with Crippen LogP contribution >= 0.6 is 11.6 Å². The molecular formula is C17H19ClN2O2. The highest BCUT2D eigenvalue weighted by molar-refractivity contribution is 6.38. The quantitative estimate of drug-likeness (QED) is 0.818. The highest BCUT2D eigenvalue weighted by Gasteiger charge is 2.27. The number of rotatable bonds is 5. The fourth-order valence-corrected chi connectivity index (χ4v) is 2.97. The van der Waals surface area contributed by atoms with Crippen molar-refractivity contribution in [3.8, 4) is 0 Å². The summed E-state index contributed by atoms with van der Waals surface area (Å²) in [4.78, 5) is 11.2. The van der Waals surface area contributed by atoms with Crippen molar-refractivity contribution in [3.05, 3.63) is 57.8 Å². The van der Waals surface area contributed by atoms with Crippen LogP contribution in [0.5, 0.6) is 0 Å². The maximum atomic E-state index is 11.2. The second-order valence-corrected chi connectivity index (χ2v) is 5.38. The summed E-state index contributed by atoms with van der Waals surface area (Å²) < 4.78 is 5.62. The highest BCUT2D eigenvalue weighted by Crippen LogP contribution is 2.35.